The lowest BCUT2D eigenvalue weighted by atomic mass is 9.86. The van der Waals surface area contributed by atoms with Crippen molar-refractivity contribution in [3.05, 3.63) is 70.9 Å². The molecule has 0 radical (unpaired) electrons. The number of rotatable bonds is 5. The average Bonchev–Trinajstić information content (AvgIpc) is 3.22. The van der Waals surface area contributed by atoms with Crippen LogP contribution in [-0.2, 0) is 20.7 Å². The van der Waals surface area contributed by atoms with Gasteiger partial charge in [-0.1, -0.05) is 43.7 Å². The molecule has 5 rings (SSSR count). The summed E-state index contributed by atoms with van der Waals surface area (Å²) in [4.78, 5) is 45.8. The van der Waals surface area contributed by atoms with Crippen molar-refractivity contribution in [2.75, 3.05) is 20.2 Å². The summed E-state index contributed by atoms with van der Waals surface area (Å²) < 4.78 is 4.82. The Kier molecular flexibility index (Phi) is 5.40. The highest BCUT2D eigenvalue weighted by Crippen LogP contribution is 2.42. The topological polar surface area (TPSA) is 82.7 Å². The van der Waals surface area contributed by atoms with Gasteiger partial charge < -0.3 is 19.5 Å². The Balaban J connectivity index is 1.63. The molecule has 0 saturated carbocycles. The number of nitrogens with one attached hydrogen (secondary N) is 1. The van der Waals surface area contributed by atoms with E-state index in [-0.39, 0.29) is 18.4 Å². The molecule has 0 spiro atoms. The predicted octanol–water partition coefficient (Wildman–Crippen LogP) is 3.44. The molecular formula is C26H27N3O4. The number of piperazine rings is 1. The largest absolute Gasteiger partial charge is 0.465 e. The molecule has 2 unspecified atom stereocenters. The van der Waals surface area contributed by atoms with E-state index in [2.05, 4.69) is 18.0 Å². The van der Waals surface area contributed by atoms with Crippen LogP contribution in [-0.4, -0.2) is 58.8 Å². The molecule has 3 aromatic rings. The number of methoxy groups -OCH3 is 1. The summed E-state index contributed by atoms with van der Waals surface area (Å²) in [6.45, 7) is 2.78. The molecule has 2 aliphatic heterocycles. The lowest BCUT2D eigenvalue weighted by Gasteiger charge is -2.47. The molecule has 2 aromatic carbocycles. The van der Waals surface area contributed by atoms with E-state index < -0.39 is 18.1 Å². The minimum Gasteiger partial charge on any atom is -0.465 e. The molecule has 0 bridgehead atoms. The summed E-state index contributed by atoms with van der Waals surface area (Å²) in [6.07, 6.45) is 2.33. The van der Waals surface area contributed by atoms with E-state index in [9.17, 15) is 14.4 Å². The van der Waals surface area contributed by atoms with E-state index in [0.29, 0.717) is 18.5 Å². The molecule has 1 N–H and O–H groups in total. The van der Waals surface area contributed by atoms with E-state index in [0.717, 1.165) is 40.6 Å². The second-order valence-electron chi connectivity index (χ2n) is 8.71. The van der Waals surface area contributed by atoms with Gasteiger partial charge >= 0.3 is 5.97 Å². The highest BCUT2D eigenvalue weighted by atomic mass is 16.5. The fraction of sp³-hybridized carbons (Fsp3) is 0.346. The third kappa shape index (κ3) is 3.48. The van der Waals surface area contributed by atoms with Crippen molar-refractivity contribution in [2.24, 2.45) is 0 Å². The van der Waals surface area contributed by atoms with Gasteiger partial charge in [-0.3, -0.25) is 9.59 Å². The van der Waals surface area contributed by atoms with Crippen molar-refractivity contribution in [2.45, 2.75) is 38.3 Å². The zero-order valence-corrected chi connectivity index (χ0v) is 18.8. The highest BCUT2D eigenvalue weighted by molar-refractivity contribution is 5.97. The van der Waals surface area contributed by atoms with Crippen molar-refractivity contribution in [1.29, 1.82) is 0 Å². The summed E-state index contributed by atoms with van der Waals surface area (Å²) >= 11 is 0. The van der Waals surface area contributed by atoms with Gasteiger partial charge in [-0.2, -0.15) is 0 Å². The normalized spacial score (nSPS) is 20.1. The number of esters is 1. The van der Waals surface area contributed by atoms with Crippen molar-refractivity contribution in [3.63, 3.8) is 0 Å². The summed E-state index contributed by atoms with van der Waals surface area (Å²) in [7, 11) is 1.35. The minimum absolute atomic E-state index is 0.00941. The number of H-pyrrole nitrogens is 1. The molecular weight excluding hydrogens is 418 g/mol. The number of ether oxygens (including phenoxy) is 1. The molecule has 7 nitrogen and oxygen atoms in total. The number of carbonyl (C=O) groups excluding carboxylic acids is 3. The third-order valence-electron chi connectivity index (χ3n) is 6.77. The first kappa shape index (κ1) is 21.2. The Bertz CT molecular complexity index is 1230. The van der Waals surface area contributed by atoms with Gasteiger partial charge in [0, 0.05) is 29.6 Å². The van der Waals surface area contributed by atoms with E-state index >= 15 is 0 Å². The maximum atomic E-state index is 13.5. The van der Waals surface area contributed by atoms with Crippen LogP contribution in [0.2, 0.25) is 0 Å². The van der Waals surface area contributed by atoms with Crippen LogP contribution in [0, 0.1) is 0 Å². The van der Waals surface area contributed by atoms with Crippen LogP contribution in [0.3, 0.4) is 0 Å². The number of fused-ring (bicyclic) bond motifs is 4. The van der Waals surface area contributed by atoms with E-state index in [1.54, 1.807) is 21.9 Å². The van der Waals surface area contributed by atoms with Crippen LogP contribution in [0.1, 0.15) is 53.0 Å². The molecule has 33 heavy (non-hydrogen) atoms. The molecule has 1 fully saturated rings. The van der Waals surface area contributed by atoms with Gasteiger partial charge in [0.2, 0.25) is 11.8 Å². The number of aromatic amines is 1. The lowest BCUT2D eigenvalue weighted by Crippen LogP contribution is -2.63. The van der Waals surface area contributed by atoms with Crippen LogP contribution in [0.5, 0.6) is 0 Å². The van der Waals surface area contributed by atoms with Crippen molar-refractivity contribution in [3.8, 4) is 0 Å². The van der Waals surface area contributed by atoms with Crippen molar-refractivity contribution >= 4 is 28.7 Å². The van der Waals surface area contributed by atoms with Crippen LogP contribution < -0.4 is 0 Å². The van der Waals surface area contributed by atoms with Gasteiger partial charge in [0.05, 0.1) is 25.3 Å². The molecule has 7 heteroatoms. The average molecular weight is 446 g/mol. The van der Waals surface area contributed by atoms with Crippen molar-refractivity contribution < 1.29 is 19.1 Å². The fourth-order valence-electron chi connectivity index (χ4n) is 5.13. The molecule has 2 atom stereocenters. The highest BCUT2D eigenvalue weighted by Gasteiger charge is 2.48. The van der Waals surface area contributed by atoms with Gasteiger partial charge in [0.15, 0.2) is 0 Å². The first-order chi connectivity index (χ1) is 16.0. The van der Waals surface area contributed by atoms with E-state index in [1.165, 1.54) is 7.11 Å². The monoisotopic (exact) mass is 445 g/mol. The molecule has 1 saturated heterocycles. The summed E-state index contributed by atoms with van der Waals surface area (Å²) in [5.41, 5.74) is 4.29. The van der Waals surface area contributed by atoms with Gasteiger partial charge in [-0.05, 0) is 35.7 Å². The van der Waals surface area contributed by atoms with Crippen LogP contribution in [0.4, 0.5) is 0 Å². The number of benzene rings is 2. The Morgan fingerprint density at radius 2 is 1.88 bits per heavy atom. The Hall–Kier alpha value is -3.61. The summed E-state index contributed by atoms with van der Waals surface area (Å²) in [5, 5.41) is 1.08. The van der Waals surface area contributed by atoms with E-state index in [4.69, 9.17) is 4.74 Å². The first-order valence-electron chi connectivity index (χ1n) is 11.4. The van der Waals surface area contributed by atoms with Crippen LogP contribution >= 0.6 is 0 Å². The Labute approximate surface area is 192 Å². The third-order valence-corrected chi connectivity index (χ3v) is 6.77. The summed E-state index contributed by atoms with van der Waals surface area (Å²) in [5.74, 6) is -0.456. The van der Waals surface area contributed by atoms with Crippen molar-refractivity contribution in [1.82, 2.24) is 14.8 Å². The number of nitrogens with zero attached hydrogens (tertiary/aromatic N) is 2. The number of aromatic nitrogens is 1. The number of para-hydroxylation sites is 1. The predicted molar refractivity (Wildman–Crippen MR) is 124 cm³/mol. The van der Waals surface area contributed by atoms with Gasteiger partial charge in [-0.15, -0.1) is 0 Å². The number of hydrogen-bond donors (Lipinski definition) is 1. The molecule has 170 valence electrons. The number of carbonyl (C=O) groups is 3. The zero-order chi connectivity index (χ0) is 23.1. The zero-order valence-electron chi connectivity index (χ0n) is 18.8. The molecule has 0 aliphatic carbocycles. The lowest BCUT2D eigenvalue weighted by molar-refractivity contribution is -0.158. The maximum Gasteiger partial charge on any atom is 0.337 e. The van der Waals surface area contributed by atoms with Gasteiger partial charge in [0.25, 0.3) is 0 Å². The van der Waals surface area contributed by atoms with Gasteiger partial charge in [0.1, 0.15) is 6.04 Å². The number of amides is 2. The fourth-order valence-corrected chi connectivity index (χ4v) is 5.13. The van der Waals surface area contributed by atoms with Crippen LogP contribution in [0.25, 0.3) is 10.9 Å². The second-order valence-corrected chi connectivity index (χ2v) is 8.71. The van der Waals surface area contributed by atoms with E-state index in [1.807, 2.05) is 30.3 Å². The SMILES string of the molecule is CCCCN1CC(=O)N2C(Cc3c([nH]c4ccccc34)C2c2ccc(C(=O)OC)cc2)C1=O. The standard InChI is InChI=1S/C26H27N3O4/c1-3-4-13-28-15-22(30)29-21(25(28)31)14-19-18-7-5-6-8-20(18)27-23(19)24(29)16-9-11-17(12-10-16)26(32)33-2/h5-12,21,24,27H,3-4,13-15H2,1-2H3. The number of unbranched alkanes of at least 4 members (excludes halogenated alkanes) is 1. The quantitative estimate of drug-likeness (QED) is 0.610. The first-order valence-corrected chi connectivity index (χ1v) is 11.4. The number of hydrogen-bond acceptors (Lipinski definition) is 4. The molecule has 1 aromatic heterocycles. The summed E-state index contributed by atoms with van der Waals surface area (Å²) in [6, 6.07) is 14.2. The van der Waals surface area contributed by atoms with Crippen LogP contribution in [0.15, 0.2) is 48.5 Å². The Morgan fingerprint density at radius 1 is 1.12 bits per heavy atom. The van der Waals surface area contributed by atoms with Gasteiger partial charge in [-0.25, -0.2) is 4.79 Å². The molecule has 2 amide bonds. The maximum absolute atomic E-state index is 13.5. The smallest absolute Gasteiger partial charge is 0.337 e. The molecule has 3 heterocycles. The molecule has 2 aliphatic rings. The Morgan fingerprint density at radius 3 is 2.61 bits per heavy atom. The minimum atomic E-state index is -0.542. The second kappa shape index (κ2) is 8.39.